The monoisotopic (exact) mass is 227 g/mol. The predicted octanol–water partition coefficient (Wildman–Crippen LogP) is 0.668. The summed E-state index contributed by atoms with van der Waals surface area (Å²) in [5, 5.41) is 0. The fourth-order valence-electron chi connectivity index (χ4n) is 2.04. The van der Waals surface area contributed by atoms with Crippen molar-refractivity contribution in [2.75, 3.05) is 32.7 Å². The van der Waals surface area contributed by atoms with Crippen molar-refractivity contribution >= 4 is 5.91 Å². The number of rotatable bonds is 4. The van der Waals surface area contributed by atoms with Crippen LogP contribution >= 0.6 is 0 Å². The molecule has 1 amide bonds. The van der Waals surface area contributed by atoms with Crippen molar-refractivity contribution in [2.24, 2.45) is 5.73 Å². The average molecular weight is 227 g/mol. The van der Waals surface area contributed by atoms with Crippen molar-refractivity contribution in [3.05, 3.63) is 0 Å². The first-order chi connectivity index (χ1) is 7.38. The van der Waals surface area contributed by atoms with Crippen molar-refractivity contribution in [1.29, 1.82) is 0 Å². The maximum absolute atomic E-state index is 11.1. The van der Waals surface area contributed by atoms with Gasteiger partial charge in [-0.15, -0.1) is 0 Å². The van der Waals surface area contributed by atoms with E-state index in [0.29, 0.717) is 0 Å². The lowest BCUT2D eigenvalue weighted by Crippen LogP contribution is -2.48. The number of piperazine rings is 1. The smallest absolute Gasteiger partial charge is 0.219 e. The third-order valence-corrected chi connectivity index (χ3v) is 3.11. The summed E-state index contributed by atoms with van der Waals surface area (Å²) in [6, 6.07) is 0. The lowest BCUT2D eigenvalue weighted by molar-refractivity contribution is -0.130. The molecule has 1 aliphatic heterocycles. The van der Waals surface area contributed by atoms with Gasteiger partial charge < -0.3 is 10.6 Å². The van der Waals surface area contributed by atoms with Crippen LogP contribution in [0.4, 0.5) is 0 Å². The first kappa shape index (κ1) is 13.5. The molecule has 0 aromatic carbocycles. The molecule has 2 N–H and O–H groups in total. The standard InChI is InChI=1S/C12H25N3O/c1-11(16)15-9-7-14(8-10-15)6-4-5-12(2,3)13/h4-10,13H2,1-3H3. The lowest BCUT2D eigenvalue weighted by atomic mass is 10.00. The van der Waals surface area contributed by atoms with Crippen LogP contribution in [0.5, 0.6) is 0 Å². The predicted molar refractivity (Wildman–Crippen MR) is 66.2 cm³/mol. The first-order valence-electron chi connectivity index (χ1n) is 6.15. The van der Waals surface area contributed by atoms with Gasteiger partial charge in [-0.1, -0.05) is 0 Å². The van der Waals surface area contributed by atoms with E-state index in [1.807, 2.05) is 4.90 Å². The summed E-state index contributed by atoms with van der Waals surface area (Å²) in [5.41, 5.74) is 5.89. The largest absolute Gasteiger partial charge is 0.340 e. The summed E-state index contributed by atoms with van der Waals surface area (Å²) < 4.78 is 0. The number of nitrogens with two attached hydrogens (primary N) is 1. The van der Waals surface area contributed by atoms with Gasteiger partial charge in [-0.2, -0.15) is 0 Å². The Labute approximate surface area is 98.8 Å². The Balaban J connectivity index is 2.15. The molecule has 0 aliphatic carbocycles. The summed E-state index contributed by atoms with van der Waals surface area (Å²) >= 11 is 0. The Morgan fingerprint density at radius 1 is 1.25 bits per heavy atom. The molecule has 0 spiro atoms. The first-order valence-corrected chi connectivity index (χ1v) is 6.15. The number of hydrogen-bond donors (Lipinski definition) is 1. The molecular weight excluding hydrogens is 202 g/mol. The van der Waals surface area contributed by atoms with E-state index in [2.05, 4.69) is 18.7 Å². The second-order valence-electron chi connectivity index (χ2n) is 5.44. The summed E-state index contributed by atoms with van der Waals surface area (Å²) in [6.45, 7) is 10.7. The summed E-state index contributed by atoms with van der Waals surface area (Å²) in [7, 11) is 0. The van der Waals surface area contributed by atoms with Crippen LogP contribution in [0, 0.1) is 0 Å². The van der Waals surface area contributed by atoms with Gasteiger partial charge in [-0.3, -0.25) is 9.69 Å². The highest BCUT2D eigenvalue weighted by Crippen LogP contribution is 2.09. The normalized spacial score (nSPS) is 18.9. The lowest BCUT2D eigenvalue weighted by Gasteiger charge is -2.34. The van der Waals surface area contributed by atoms with E-state index in [-0.39, 0.29) is 11.4 Å². The maximum atomic E-state index is 11.1. The molecule has 16 heavy (non-hydrogen) atoms. The maximum Gasteiger partial charge on any atom is 0.219 e. The van der Waals surface area contributed by atoms with E-state index in [1.54, 1.807) is 6.92 Å². The van der Waals surface area contributed by atoms with E-state index in [1.165, 1.54) is 0 Å². The molecule has 1 heterocycles. The van der Waals surface area contributed by atoms with Crippen LogP contribution < -0.4 is 5.73 Å². The number of carbonyl (C=O) groups is 1. The van der Waals surface area contributed by atoms with Gasteiger partial charge in [0, 0.05) is 38.6 Å². The number of hydrogen-bond acceptors (Lipinski definition) is 3. The Hall–Kier alpha value is -0.610. The molecule has 0 unspecified atom stereocenters. The van der Waals surface area contributed by atoms with Gasteiger partial charge in [0.25, 0.3) is 0 Å². The summed E-state index contributed by atoms with van der Waals surface area (Å²) in [6.07, 6.45) is 2.20. The highest BCUT2D eigenvalue weighted by atomic mass is 16.2. The second kappa shape index (κ2) is 5.64. The van der Waals surface area contributed by atoms with Crippen LogP contribution in [-0.2, 0) is 4.79 Å². The van der Waals surface area contributed by atoms with Gasteiger partial charge >= 0.3 is 0 Å². The quantitative estimate of drug-likeness (QED) is 0.768. The van der Waals surface area contributed by atoms with Gasteiger partial charge in [0.15, 0.2) is 0 Å². The van der Waals surface area contributed by atoms with Crippen LogP contribution in [0.25, 0.3) is 0 Å². The van der Waals surface area contributed by atoms with Crippen molar-refractivity contribution in [2.45, 2.75) is 39.2 Å². The Morgan fingerprint density at radius 2 is 1.81 bits per heavy atom. The van der Waals surface area contributed by atoms with Gasteiger partial charge in [0.1, 0.15) is 0 Å². The molecule has 0 atom stereocenters. The van der Waals surface area contributed by atoms with E-state index in [9.17, 15) is 4.79 Å². The molecule has 1 aliphatic rings. The van der Waals surface area contributed by atoms with Crippen molar-refractivity contribution in [1.82, 2.24) is 9.80 Å². The fourth-order valence-corrected chi connectivity index (χ4v) is 2.04. The molecule has 0 aromatic rings. The van der Waals surface area contributed by atoms with Crippen LogP contribution in [0.3, 0.4) is 0 Å². The van der Waals surface area contributed by atoms with E-state index < -0.39 is 0 Å². The SMILES string of the molecule is CC(=O)N1CCN(CCCC(C)(C)N)CC1. The van der Waals surface area contributed by atoms with Crippen LogP contribution in [0.2, 0.25) is 0 Å². The van der Waals surface area contributed by atoms with Crippen LogP contribution in [0.1, 0.15) is 33.6 Å². The molecule has 4 nitrogen and oxygen atoms in total. The van der Waals surface area contributed by atoms with Gasteiger partial charge in [-0.25, -0.2) is 0 Å². The molecule has 1 fully saturated rings. The second-order valence-corrected chi connectivity index (χ2v) is 5.44. The van der Waals surface area contributed by atoms with Gasteiger partial charge in [-0.05, 0) is 33.2 Å². The minimum absolute atomic E-state index is 0.0544. The zero-order valence-corrected chi connectivity index (χ0v) is 10.8. The zero-order valence-electron chi connectivity index (χ0n) is 10.8. The summed E-state index contributed by atoms with van der Waals surface area (Å²) in [4.78, 5) is 15.5. The van der Waals surface area contributed by atoms with Gasteiger partial charge in [0.05, 0.1) is 0 Å². The molecule has 1 saturated heterocycles. The number of carbonyl (C=O) groups excluding carboxylic acids is 1. The van der Waals surface area contributed by atoms with Crippen molar-refractivity contribution in [3.63, 3.8) is 0 Å². The van der Waals surface area contributed by atoms with E-state index in [4.69, 9.17) is 5.73 Å². The topological polar surface area (TPSA) is 49.6 Å². The van der Waals surface area contributed by atoms with Gasteiger partial charge in [0.2, 0.25) is 5.91 Å². The molecule has 94 valence electrons. The van der Waals surface area contributed by atoms with E-state index >= 15 is 0 Å². The van der Waals surface area contributed by atoms with Crippen molar-refractivity contribution < 1.29 is 4.79 Å². The van der Waals surface area contributed by atoms with Crippen LogP contribution in [-0.4, -0.2) is 54.0 Å². The number of amides is 1. The highest BCUT2D eigenvalue weighted by Gasteiger charge is 2.18. The minimum Gasteiger partial charge on any atom is -0.340 e. The number of nitrogens with zero attached hydrogens (tertiary/aromatic N) is 2. The Kier molecular flexibility index (Phi) is 4.74. The zero-order chi connectivity index (χ0) is 12.2. The third-order valence-electron chi connectivity index (χ3n) is 3.11. The minimum atomic E-state index is -0.0544. The Morgan fingerprint density at radius 3 is 2.25 bits per heavy atom. The molecule has 1 rings (SSSR count). The molecule has 4 heteroatoms. The third kappa shape index (κ3) is 4.94. The molecule has 0 bridgehead atoms. The van der Waals surface area contributed by atoms with E-state index in [0.717, 1.165) is 45.6 Å². The molecule has 0 radical (unpaired) electrons. The average Bonchev–Trinajstić information content (AvgIpc) is 2.16. The fraction of sp³-hybridized carbons (Fsp3) is 0.917. The molecule has 0 aromatic heterocycles. The van der Waals surface area contributed by atoms with Crippen LogP contribution in [0.15, 0.2) is 0 Å². The summed E-state index contributed by atoms with van der Waals surface area (Å²) in [5.74, 6) is 0.197. The molecular formula is C12H25N3O. The molecule has 0 saturated carbocycles. The Bertz CT molecular complexity index is 227. The van der Waals surface area contributed by atoms with Crippen molar-refractivity contribution in [3.8, 4) is 0 Å². The highest BCUT2D eigenvalue weighted by molar-refractivity contribution is 5.73.